The topological polar surface area (TPSA) is 83.5 Å². The summed E-state index contributed by atoms with van der Waals surface area (Å²) in [7, 11) is 0. The van der Waals surface area contributed by atoms with Gasteiger partial charge in [-0.05, 0) is 30.7 Å². The van der Waals surface area contributed by atoms with Crippen molar-refractivity contribution >= 4 is 5.97 Å². The van der Waals surface area contributed by atoms with E-state index < -0.39 is 18.2 Å². The Bertz CT molecular complexity index is 1000. The molecule has 0 amide bonds. The molecule has 7 nitrogen and oxygen atoms in total. The highest BCUT2D eigenvalue weighted by Gasteiger charge is 2.35. The van der Waals surface area contributed by atoms with E-state index in [0.717, 1.165) is 19.3 Å². The number of para-hydroxylation sites is 4. The largest absolute Gasteiger partial charge is 0.490 e. The summed E-state index contributed by atoms with van der Waals surface area (Å²) in [5.41, 5.74) is -0.960. The maximum Gasteiger partial charge on any atom is 0.329 e. The normalized spacial score (nSPS) is 14.9. The SMILES string of the molecule is CCCCCCCCCCCCCCCCCCC1(OCC(=O)O)COc2ccccc2OCCCOc2ccccc2OC1. The molecule has 1 aliphatic heterocycles. The zero-order valence-electron chi connectivity index (χ0n) is 27.8. The second-order valence-corrected chi connectivity index (χ2v) is 12.4. The first-order chi connectivity index (χ1) is 22.1. The lowest BCUT2D eigenvalue weighted by atomic mass is 9.96. The van der Waals surface area contributed by atoms with Gasteiger partial charge in [0.05, 0.1) is 13.2 Å². The molecule has 1 aliphatic rings. The molecule has 252 valence electrons. The van der Waals surface area contributed by atoms with E-state index in [4.69, 9.17) is 23.7 Å². The second kappa shape index (κ2) is 22.6. The number of aliphatic carboxylic acids is 1. The Morgan fingerprint density at radius 3 is 1.40 bits per heavy atom. The summed E-state index contributed by atoms with van der Waals surface area (Å²) in [6.45, 7) is 3.08. The molecule has 0 unspecified atom stereocenters. The van der Waals surface area contributed by atoms with Crippen molar-refractivity contribution in [3.8, 4) is 23.0 Å². The van der Waals surface area contributed by atoms with Crippen LogP contribution in [0.5, 0.6) is 23.0 Å². The quantitative estimate of drug-likeness (QED) is 0.146. The fraction of sp³-hybridized carbons (Fsp3) is 0.658. The minimum Gasteiger partial charge on any atom is -0.490 e. The molecular formula is C38H58O7. The molecule has 7 heteroatoms. The van der Waals surface area contributed by atoms with Crippen molar-refractivity contribution in [1.29, 1.82) is 0 Å². The molecule has 0 saturated carbocycles. The van der Waals surface area contributed by atoms with Gasteiger partial charge in [-0.3, -0.25) is 0 Å². The number of ether oxygens (including phenoxy) is 5. The van der Waals surface area contributed by atoms with Gasteiger partial charge in [0.15, 0.2) is 23.0 Å². The number of carboxylic acids is 1. The number of unbranched alkanes of at least 4 members (excludes halogenated alkanes) is 15. The first-order valence-electron chi connectivity index (χ1n) is 17.7. The van der Waals surface area contributed by atoms with Crippen LogP contribution in [0.4, 0.5) is 0 Å². The Kier molecular flexibility index (Phi) is 18.3. The lowest BCUT2D eigenvalue weighted by Gasteiger charge is -2.33. The van der Waals surface area contributed by atoms with Crippen LogP contribution in [-0.2, 0) is 9.53 Å². The number of benzene rings is 2. The highest BCUT2D eigenvalue weighted by Crippen LogP contribution is 2.33. The summed E-state index contributed by atoms with van der Waals surface area (Å²) in [6, 6.07) is 15.1. The van der Waals surface area contributed by atoms with Crippen LogP contribution >= 0.6 is 0 Å². The van der Waals surface area contributed by atoms with E-state index in [-0.39, 0.29) is 13.2 Å². The number of carbonyl (C=O) groups is 1. The summed E-state index contributed by atoms with van der Waals surface area (Å²) >= 11 is 0. The monoisotopic (exact) mass is 626 g/mol. The summed E-state index contributed by atoms with van der Waals surface area (Å²) in [5.74, 6) is 1.47. The van der Waals surface area contributed by atoms with Crippen LogP contribution in [0.2, 0.25) is 0 Å². The molecule has 45 heavy (non-hydrogen) atoms. The number of fused-ring (bicyclic) bond motifs is 2. The lowest BCUT2D eigenvalue weighted by Crippen LogP contribution is -2.46. The molecule has 0 saturated heterocycles. The summed E-state index contributed by atoms with van der Waals surface area (Å²) < 4.78 is 30.7. The molecular weight excluding hydrogens is 568 g/mol. The Morgan fingerprint density at radius 2 is 1.00 bits per heavy atom. The maximum absolute atomic E-state index is 11.6. The Hall–Kier alpha value is -2.93. The predicted molar refractivity (Wildman–Crippen MR) is 180 cm³/mol. The molecule has 0 spiro atoms. The molecule has 1 heterocycles. The van der Waals surface area contributed by atoms with Crippen LogP contribution in [0.1, 0.15) is 122 Å². The van der Waals surface area contributed by atoms with Crippen LogP contribution in [-0.4, -0.2) is 49.7 Å². The van der Waals surface area contributed by atoms with E-state index in [1.807, 2.05) is 48.5 Å². The highest BCUT2D eigenvalue weighted by molar-refractivity contribution is 5.68. The average molecular weight is 627 g/mol. The van der Waals surface area contributed by atoms with Gasteiger partial charge in [0, 0.05) is 6.42 Å². The van der Waals surface area contributed by atoms with Crippen molar-refractivity contribution in [1.82, 2.24) is 0 Å². The maximum atomic E-state index is 11.6. The Labute approximate surface area is 271 Å². The predicted octanol–water partition coefficient (Wildman–Crippen LogP) is 9.80. The molecule has 0 aliphatic carbocycles. The fourth-order valence-electron chi connectivity index (χ4n) is 5.77. The van der Waals surface area contributed by atoms with Crippen molar-refractivity contribution in [2.24, 2.45) is 0 Å². The van der Waals surface area contributed by atoms with E-state index >= 15 is 0 Å². The first-order valence-corrected chi connectivity index (χ1v) is 17.7. The second-order valence-electron chi connectivity index (χ2n) is 12.4. The number of hydrogen-bond acceptors (Lipinski definition) is 6. The molecule has 1 N–H and O–H groups in total. The third kappa shape index (κ3) is 15.3. The van der Waals surface area contributed by atoms with Gasteiger partial charge in [0.1, 0.15) is 25.4 Å². The first kappa shape index (κ1) is 36.5. The van der Waals surface area contributed by atoms with Gasteiger partial charge >= 0.3 is 5.97 Å². The van der Waals surface area contributed by atoms with Crippen LogP contribution in [0.25, 0.3) is 0 Å². The van der Waals surface area contributed by atoms with Crippen LogP contribution in [0, 0.1) is 0 Å². The number of hydrogen-bond donors (Lipinski definition) is 1. The average Bonchev–Trinajstić information content (AvgIpc) is 3.05. The molecule has 2 aromatic carbocycles. The number of carboxylic acid groups (broad SMARTS) is 1. The van der Waals surface area contributed by atoms with E-state index in [9.17, 15) is 9.90 Å². The van der Waals surface area contributed by atoms with Gasteiger partial charge in [-0.25, -0.2) is 4.79 Å². The smallest absolute Gasteiger partial charge is 0.329 e. The van der Waals surface area contributed by atoms with Gasteiger partial charge in [-0.1, -0.05) is 134 Å². The molecule has 0 bridgehead atoms. The van der Waals surface area contributed by atoms with Gasteiger partial charge < -0.3 is 28.8 Å². The zero-order valence-corrected chi connectivity index (χ0v) is 27.8. The van der Waals surface area contributed by atoms with Gasteiger partial charge in [0.2, 0.25) is 0 Å². The van der Waals surface area contributed by atoms with Crippen molar-refractivity contribution in [3.63, 3.8) is 0 Å². The molecule has 3 rings (SSSR count). The van der Waals surface area contributed by atoms with Crippen molar-refractivity contribution in [2.75, 3.05) is 33.0 Å². The summed E-state index contributed by atoms with van der Waals surface area (Å²) in [4.78, 5) is 11.6. The van der Waals surface area contributed by atoms with Gasteiger partial charge in [-0.15, -0.1) is 0 Å². The van der Waals surface area contributed by atoms with Crippen LogP contribution < -0.4 is 18.9 Å². The molecule has 0 atom stereocenters. The van der Waals surface area contributed by atoms with Crippen LogP contribution in [0.3, 0.4) is 0 Å². The number of rotatable bonds is 20. The van der Waals surface area contributed by atoms with Crippen molar-refractivity contribution in [3.05, 3.63) is 48.5 Å². The highest BCUT2D eigenvalue weighted by atomic mass is 16.6. The zero-order chi connectivity index (χ0) is 31.8. The Balaban J connectivity index is 1.49. The minimum atomic E-state index is -1.02. The Morgan fingerprint density at radius 1 is 0.622 bits per heavy atom. The summed E-state index contributed by atoms with van der Waals surface area (Å²) in [5, 5.41) is 9.52. The molecule has 2 aromatic rings. The van der Waals surface area contributed by atoms with Crippen molar-refractivity contribution in [2.45, 2.75) is 128 Å². The van der Waals surface area contributed by atoms with Gasteiger partial charge in [0.25, 0.3) is 0 Å². The third-order valence-electron chi connectivity index (χ3n) is 8.47. The van der Waals surface area contributed by atoms with Crippen molar-refractivity contribution < 1.29 is 33.6 Å². The van der Waals surface area contributed by atoms with E-state index in [1.165, 1.54) is 83.5 Å². The molecule has 0 radical (unpaired) electrons. The minimum absolute atomic E-state index is 0.141. The van der Waals surface area contributed by atoms with Gasteiger partial charge in [-0.2, -0.15) is 0 Å². The summed E-state index contributed by atoms with van der Waals surface area (Å²) in [6.07, 6.45) is 22.0. The lowest BCUT2D eigenvalue weighted by molar-refractivity contribution is -0.156. The molecule has 0 aromatic heterocycles. The van der Waals surface area contributed by atoms with E-state index in [1.54, 1.807) is 0 Å². The standard InChI is InChI=1S/C38H58O7/c1-2-3-4-5-6-7-8-9-10-11-12-13-14-15-16-21-27-38(45-30-37(39)40)31-43-35-25-19-17-23-33(35)41-28-22-29-42-34-24-18-20-26-36(34)44-32-38/h17-20,23-26H,2-16,21-22,27-32H2,1H3,(H,39,40). The van der Waals surface area contributed by atoms with Crippen LogP contribution in [0.15, 0.2) is 48.5 Å². The fourth-order valence-corrected chi connectivity index (χ4v) is 5.77. The van der Waals surface area contributed by atoms with E-state index in [2.05, 4.69) is 6.92 Å². The molecule has 0 fully saturated rings. The van der Waals surface area contributed by atoms with E-state index in [0.29, 0.717) is 49.1 Å². The third-order valence-corrected chi connectivity index (χ3v) is 8.47.